The van der Waals surface area contributed by atoms with Crippen molar-refractivity contribution in [2.75, 3.05) is 12.4 Å². The van der Waals surface area contributed by atoms with Gasteiger partial charge in [-0.15, -0.1) is 0 Å². The molecule has 0 radical (unpaired) electrons. The topological polar surface area (TPSA) is 114 Å². The number of unbranched alkanes of at least 4 members (excludes halogenated alkanes) is 1. The zero-order valence-electron chi connectivity index (χ0n) is 20.3. The van der Waals surface area contributed by atoms with Gasteiger partial charge in [0.1, 0.15) is 12.4 Å². The number of amides is 2. The summed E-state index contributed by atoms with van der Waals surface area (Å²) in [7, 11) is 1.55. The van der Waals surface area contributed by atoms with Crippen molar-refractivity contribution in [2.24, 2.45) is 0 Å². The molecule has 1 atom stereocenters. The summed E-state index contributed by atoms with van der Waals surface area (Å²) in [4.78, 5) is 36.4. The fraction of sp³-hybridized carbons (Fsp3) is 0.560. The van der Waals surface area contributed by atoms with Crippen molar-refractivity contribution in [3.8, 4) is 5.75 Å². The number of fused-ring (bicyclic) bond motifs is 1. The predicted molar refractivity (Wildman–Crippen MR) is 127 cm³/mol. The van der Waals surface area contributed by atoms with Crippen LogP contribution in [0.3, 0.4) is 0 Å². The molecule has 1 aromatic carbocycles. The number of benzene rings is 1. The molecule has 0 fully saturated rings. The molecule has 1 unspecified atom stereocenters. The molecule has 33 heavy (non-hydrogen) atoms. The number of cyclic esters (lactones) is 1. The van der Waals surface area contributed by atoms with Crippen LogP contribution in [0.25, 0.3) is 0 Å². The Bertz CT molecular complexity index is 922. The van der Waals surface area contributed by atoms with Crippen molar-refractivity contribution >= 4 is 23.7 Å². The largest absolute Gasteiger partial charge is 0.496 e. The summed E-state index contributed by atoms with van der Waals surface area (Å²) in [6.45, 7) is 8.00. The Labute approximate surface area is 195 Å². The standard InChI is InChI=1S/C25H36N2O6/c1-6-8-9-17(7-2)26-25(31)27-22-18(12-10-15(3)11-13-20(28)29)23(32-5)16(4)19-14-33-24(30)21(19)22/h10,17H,6-9,11-14H2,1-5H3,(H,28,29)(H2,26,27,31)/b15-10+. The van der Waals surface area contributed by atoms with Crippen LogP contribution in [0, 0.1) is 6.92 Å². The summed E-state index contributed by atoms with van der Waals surface area (Å²) in [5.41, 5.74) is 3.82. The number of aliphatic carboxylic acids is 1. The molecular weight excluding hydrogens is 424 g/mol. The average Bonchev–Trinajstić information content (AvgIpc) is 3.17. The van der Waals surface area contributed by atoms with Gasteiger partial charge in [0.15, 0.2) is 0 Å². The fourth-order valence-corrected chi connectivity index (χ4v) is 4.04. The highest BCUT2D eigenvalue weighted by Crippen LogP contribution is 2.41. The molecule has 0 spiro atoms. The van der Waals surface area contributed by atoms with Crippen LogP contribution in [0.5, 0.6) is 5.75 Å². The first-order valence-corrected chi connectivity index (χ1v) is 11.6. The summed E-state index contributed by atoms with van der Waals surface area (Å²) in [6.07, 6.45) is 6.50. The second-order valence-electron chi connectivity index (χ2n) is 8.44. The van der Waals surface area contributed by atoms with Crippen molar-refractivity contribution in [1.82, 2.24) is 5.32 Å². The van der Waals surface area contributed by atoms with E-state index in [9.17, 15) is 14.4 Å². The monoisotopic (exact) mass is 460 g/mol. The van der Waals surface area contributed by atoms with Crippen LogP contribution in [0.1, 0.15) is 86.3 Å². The van der Waals surface area contributed by atoms with E-state index in [0.29, 0.717) is 41.0 Å². The van der Waals surface area contributed by atoms with Crippen LogP contribution in [0.2, 0.25) is 0 Å². The van der Waals surface area contributed by atoms with Gasteiger partial charge >= 0.3 is 18.0 Å². The van der Waals surface area contributed by atoms with Crippen LogP contribution in [-0.4, -0.2) is 36.2 Å². The van der Waals surface area contributed by atoms with Crippen molar-refractivity contribution in [2.45, 2.75) is 85.3 Å². The van der Waals surface area contributed by atoms with E-state index in [0.717, 1.165) is 36.8 Å². The van der Waals surface area contributed by atoms with Crippen LogP contribution in [0.4, 0.5) is 10.5 Å². The molecule has 1 heterocycles. The summed E-state index contributed by atoms with van der Waals surface area (Å²) >= 11 is 0. The first-order chi connectivity index (χ1) is 15.7. The first kappa shape index (κ1) is 26.2. The molecule has 0 saturated heterocycles. The van der Waals surface area contributed by atoms with E-state index in [1.807, 2.05) is 26.8 Å². The number of urea groups is 1. The Morgan fingerprint density at radius 3 is 2.61 bits per heavy atom. The van der Waals surface area contributed by atoms with E-state index < -0.39 is 11.9 Å². The second-order valence-corrected chi connectivity index (χ2v) is 8.44. The van der Waals surface area contributed by atoms with Gasteiger partial charge in [0.05, 0.1) is 18.4 Å². The van der Waals surface area contributed by atoms with Crippen LogP contribution < -0.4 is 15.4 Å². The zero-order valence-corrected chi connectivity index (χ0v) is 20.3. The van der Waals surface area contributed by atoms with E-state index >= 15 is 0 Å². The van der Waals surface area contributed by atoms with E-state index in [-0.39, 0.29) is 25.1 Å². The number of nitrogens with one attached hydrogen (secondary N) is 2. The number of carbonyl (C=O) groups excluding carboxylic acids is 2. The fourth-order valence-electron chi connectivity index (χ4n) is 4.04. The molecule has 8 nitrogen and oxygen atoms in total. The Morgan fingerprint density at radius 2 is 2.00 bits per heavy atom. The molecule has 1 aromatic rings. The van der Waals surface area contributed by atoms with Gasteiger partial charge in [-0.25, -0.2) is 9.59 Å². The van der Waals surface area contributed by atoms with Gasteiger partial charge < -0.3 is 25.2 Å². The smallest absolute Gasteiger partial charge is 0.341 e. The quantitative estimate of drug-likeness (QED) is 0.295. The van der Waals surface area contributed by atoms with Gasteiger partial charge in [0, 0.05) is 23.6 Å². The van der Waals surface area contributed by atoms with Crippen LogP contribution in [0.15, 0.2) is 11.6 Å². The predicted octanol–water partition coefficient (Wildman–Crippen LogP) is 5.12. The number of ether oxygens (including phenoxy) is 2. The minimum absolute atomic E-state index is 0.0404. The number of allylic oxidation sites excluding steroid dienone is 2. The molecule has 2 amide bonds. The van der Waals surface area contributed by atoms with Crippen molar-refractivity contribution in [3.63, 3.8) is 0 Å². The highest BCUT2D eigenvalue weighted by Gasteiger charge is 2.32. The third-order valence-electron chi connectivity index (χ3n) is 6.04. The van der Waals surface area contributed by atoms with Gasteiger partial charge in [0.2, 0.25) is 0 Å². The molecular formula is C25H36N2O6. The van der Waals surface area contributed by atoms with Gasteiger partial charge in [-0.2, -0.15) is 0 Å². The number of carbonyl (C=O) groups is 3. The molecule has 0 aliphatic carbocycles. The Hall–Kier alpha value is -3.03. The molecule has 1 aliphatic heterocycles. The summed E-state index contributed by atoms with van der Waals surface area (Å²) in [5, 5.41) is 14.9. The Balaban J connectivity index is 2.43. The number of hydrogen-bond donors (Lipinski definition) is 3. The van der Waals surface area contributed by atoms with Gasteiger partial charge in [0.25, 0.3) is 0 Å². The maximum Gasteiger partial charge on any atom is 0.341 e. The lowest BCUT2D eigenvalue weighted by atomic mass is 9.93. The maximum absolute atomic E-state index is 12.9. The average molecular weight is 461 g/mol. The highest BCUT2D eigenvalue weighted by molar-refractivity contribution is 6.05. The van der Waals surface area contributed by atoms with Crippen molar-refractivity contribution < 1.29 is 29.0 Å². The molecule has 2 rings (SSSR count). The number of carboxylic acids is 1. The zero-order chi connectivity index (χ0) is 24.5. The molecule has 1 aliphatic rings. The minimum Gasteiger partial charge on any atom is -0.496 e. The van der Waals surface area contributed by atoms with E-state index in [1.54, 1.807) is 7.11 Å². The summed E-state index contributed by atoms with van der Waals surface area (Å²) < 4.78 is 11.0. The lowest BCUT2D eigenvalue weighted by Crippen LogP contribution is -2.38. The van der Waals surface area contributed by atoms with Gasteiger partial charge in [-0.05, 0) is 45.1 Å². The van der Waals surface area contributed by atoms with E-state index in [1.165, 1.54) is 0 Å². The molecule has 0 aromatic heterocycles. The first-order valence-electron chi connectivity index (χ1n) is 11.6. The second kappa shape index (κ2) is 12.3. The normalized spacial score (nSPS) is 13.8. The maximum atomic E-state index is 12.9. The van der Waals surface area contributed by atoms with E-state index in [2.05, 4.69) is 17.6 Å². The molecule has 0 saturated carbocycles. The Morgan fingerprint density at radius 1 is 1.27 bits per heavy atom. The third-order valence-corrected chi connectivity index (χ3v) is 6.04. The summed E-state index contributed by atoms with van der Waals surface area (Å²) in [5.74, 6) is -0.747. The van der Waals surface area contributed by atoms with Crippen molar-refractivity contribution in [3.05, 3.63) is 33.9 Å². The van der Waals surface area contributed by atoms with E-state index in [4.69, 9.17) is 14.6 Å². The number of hydrogen-bond acceptors (Lipinski definition) is 5. The van der Waals surface area contributed by atoms with Gasteiger partial charge in [-0.3, -0.25) is 4.79 Å². The molecule has 0 bridgehead atoms. The molecule has 8 heteroatoms. The number of carboxylic acid groups (broad SMARTS) is 1. The van der Waals surface area contributed by atoms with Crippen LogP contribution >= 0.6 is 0 Å². The minimum atomic E-state index is -0.857. The lowest BCUT2D eigenvalue weighted by Gasteiger charge is -2.22. The molecule has 182 valence electrons. The Kier molecular flexibility index (Phi) is 9.75. The molecule has 3 N–H and O–H groups in total. The number of esters is 1. The number of anilines is 1. The van der Waals surface area contributed by atoms with Crippen molar-refractivity contribution in [1.29, 1.82) is 0 Å². The number of methoxy groups -OCH3 is 1. The van der Waals surface area contributed by atoms with Gasteiger partial charge in [-0.1, -0.05) is 38.3 Å². The number of rotatable bonds is 12. The summed E-state index contributed by atoms with van der Waals surface area (Å²) in [6, 6.07) is -0.336. The lowest BCUT2D eigenvalue weighted by molar-refractivity contribution is -0.136. The third kappa shape index (κ3) is 6.73. The SMILES string of the molecule is CCCCC(CC)NC(=O)Nc1c(C/C=C(\C)CCC(=O)O)c(OC)c(C)c2c1C(=O)OC2. The highest BCUT2D eigenvalue weighted by atomic mass is 16.5. The van der Waals surface area contributed by atoms with Crippen LogP contribution in [-0.2, 0) is 22.6 Å².